The number of imidazole rings is 1. The predicted molar refractivity (Wildman–Crippen MR) is 79.9 cm³/mol. The second kappa shape index (κ2) is 5.35. The Morgan fingerprint density at radius 1 is 1.15 bits per heavy atom. The van der Waals surface area contributed by atoms with Crippen molar-refractivity contribution < 1.29 is 4.74 Å². The Hall–Kier alpha value is -2.33. The molecule has 4 heteroatoms. The van der Waals surface area contributed by atoms with Crippen LogP contribution in [0.15, 0.2) is 54.9 Å². The van der Waals surface area contributed by atoms with Gasteiger partial charge in [0.25, 0.3) is 0 Å². The molecule has 1 atom stereocenters. The van der Waals surface area contributed by atoms with Crippen LogP contribution in [0.1, 0.15) is 11.6 Å². The zero-order valence-corrected chi connectivity index (χ0v) is 11.4. The molecule has 2 aromatic carbocycles. The van der Waals surface area contributed by atoms with Gasteiger partial charge in [0.15, 0.2) is 0 Å². The van der Waals surface area contributed by atoms with Crippen molar-refractivity contribution in [2.45, 2.75) is 6.04 Å². The van der Waals surface area contributed by atoms with Crippen molar-refractivity contribution in [3.05, 3.63) is 60.4 Å². The third kappa shape index (κ3) is 2.04. The molecule has 3 aromatic rings. The Morgan fingerprint density at radius 2 is 1.90 bits per heavy atom. The second-order valence-corrected chi connectivity index (χ2v) is 4.63. The van der Waals surface area contributed by atoms with Crippen LogP contribution in [-0.4, -0.2) is 23.2 Å². The van der Waals surface area contributed by atoms with E-state index in [1.807, 2.05) is 48.8 Å². The van der Waals surface area contributed by atoms with E-state index >= 15 is 0 Å². The molecule has 0 fully saturated rings. The van der Waals surface area contributed by atoms with Gasteiger partial charge in [0.2, 0.25) is 0 Å². The van der Waals surface area contributed by atoms with Crippen LogP contribution in [0, 0.1) is 0 Å². The molecule has 0 spiro atoms. The minimum absolute atomic E-state index is 0.0125. The third-order valence-corrected chi connectivity index (χ3v) is 3.54. The highest BCUT2D eigenvalue weighted by molar-refractivity contribution is 5.75. The Kier molecular flexibility index (Phi) is 3.39. The van der Waals surface area contributed by atoms with E-state index in [9.17, 15) is 0 Å². The van der Waals surface area contributed by atoms with Crippen LogP contribution >= 0.6 is 0 Å². The van der Waals surface area contributed by atoms with E-state index in [-0.39, 0.29) is 6.04 Å². The van der Waals surface area contributed by atoms with Crippen LogP contribution in [0.3, 0.4) is 0 Å². The smallest absolute Gasteiger partial charge is 0.124 e. The number of rotatable bonds is 4. The summed E-state index contributed by atoms with van der Waals surface area (Å²) in [6, 6.07) is 16.0. The highest BCUT2D eigenvalue weighted by Gasteiger charge is 2.18. The van der Waals surface area contributed by atoms with Gasteiger partial charge in [-0.3, -0.25) is 0 Å². The Bertz CT molecular complexity index is 720. The summed E-state index contributed by atoms with van der Waals surface area (Å²) in [4.78, 5) is 4.44. The maximum atomic E-state index is 6.01. The van der Waals surface area contributed by atoms with E-state index < -0.39 is 0 Å². The zero-order chi connectivity index (χ0) is 13.9. The number of nitrogens with two attached hydrogens (primary N) is 1. The molecular formula is C16H17N3O. The van der Waals surface area contributed by atoms with Gasteiger partial charge in [0.05, 0.1) is 30.5 Å². The fourth-order valence-electron chi connectivity index (χ4n) is 2.56. The number of hydrogen-bond donors (Lipinski definition) is 1. The lowest BCUT2D eigenvalue weighted by Crippen LogP contribution is -2.20. The first kappa shape index (κ1) is 12.7. The number of ether oxygens (including phenoxy) is 1. The van der Waals surface area contributed by atoms with E-state index in [2.05, 4.69) is 15.6 Å². The highest BCUT2D eigenvalue weighted by Crippen LogP contribution is 2.29. The fraction of sp³-hybridized carbons (Fsp3) is 0.188. The maximum absolute atomic E-state index is 6.01. The first-order chi connectivity index (χ1) is 9.85. The molecule has 3 rings (SSSR count). The first-order valence-electron chi connectivity index (χ1n) is 6.59. The van der Waals surface area contributed by atoms with Gasteiger partial charge in [-0.2, -0.15) is 0 Å². The zero-order valence-electron chi connectivity index (χ0n) is 11.4. The van der Waals surface area contributed by atoms with Gasteiger partial charge in [0, 0.05) is 12.1 Å². The molecule has 0 radical (unpaired) electrons. The molecule has 4 nitrogen and oxygen atoms in total. The van der Waals surface area contributed by atoms with Crippen LogP contribution in [0.2, 0.25) is 0 Å². The first-order valence-corrected chi connectivity index (χ1v) is 6.59. The molecule has 2 N–H and O–H groups in total. The van der Waals surface area contributed by atoms with Crippen LogP contribution in [0.25, 0.3) is 11.0 Å². The quantitative estimate of drug-likeness (QED) is 0.790. The normalized spacial score (nSPS) is 12.5. The second-order valence-electron chi connectivity index (χ2n) is 4.63. The Labute approximate surface area is 117 Å². The average Bonchev–Trinajstić information content (AvgIpc) is 2.93. The van der Waals surface area contributed by atoms with Gasteiger partial charge >= 0.3 is 0 Å². The van der Waals surface area contributed by atoms with E-state index in [0.29, 0.717) is 6.54 Å². The van der Waals surface area contributed by atoms with Crippen molar-refractivity contribution in [1.29, 1.82) is 0 Å². The van der Waals surface area contributed by atoms with Crippen LogP contribution < -0.4 is 10.5 Å². The lowest BCUT2D eigenvalue weighted by atomic mass is 10.1. The summed E-state index contributed by atoms with van der Waals surface area (Å²) in [6.45, 7) is 0.487. The molecule has 20 heavy (non-hydrogen) atoms. The molecule has 0 amide bonds. The SMILES string of the molecule is COc1ccccc1C(CN)n1cnc2ccccc21. The standard InChI is InChI=1S/C16H17N3O/c1-20-16-9-5-2-6-12(16)15(10-17)19-11-18-13-7-3-4-8-14(13)19/h2-9,11,15H,10,17H2,1H3. The molecule has 0 saturated carbocycles. The number of aromatic nitrogens is 2. The molecule has 1 heterocycles. The van der Waals surface area contributed by atoms with Crippen molar-refractivity contribution in [3.8, 4) is 5.75 Å². The minimum atomic E-state index is 0.0125. The monoisotopic (exact) mass is 267 g/mol. The molecule has 1 aromatic heterocycles. The van der Waals surface area contributed by atoms with Crippen molar-refractivity contribution >= 4 is 11.0 Å². The molecule has 102 valence electrons. The molecule has 0 aliphatic rings. The summed E-state index contributed by atoms with van der Waals surface area (Å²) in [5, 5.41) is 0. The fourth-order valence-corrected chi connectivity index (χ4v) is 2.56. The van der Waals surface area contributed by atoms with Crippen molar-refractivity contribution in [1.82, 2.24) is 9.55 Å². The number of nitrogens with zero attached hydrogens (tertiary/aromatic N) is 2. The minimum Gasteiger partial charge on any atom is -0.496 e. The van der Waals surface area contributed by atoms with Gasteiger partial charge in [-0.05, 0) is 18.2 Å². The van der Waals surface area contributed by atoms with Crippen LogP contribution in [0.5, 0.6) is 5.75 Å². The van der Waals surface area contributed by atoms with Crippen LogP contribution in [-0.2, 0) is 0 Å². The van der Waals surface area contributed by atoms with Crippen LogP contribution in [0.4, 0.5) is 0 Å². The Morgan fingerprint density at radius 3 is 2.70 bits per heavy atom. The van der Waals surface area contributed by atoms with Gasteiger partial charge in [-0.15, -0.1) is 0 Å². The number of para-hydroxylation sites is 3. The highest BCUT2D eigenvalue weighted by atomic mass is 16.5. The summed E-state index contributed by atoms with van der Waals surface area (Å²) >= 11 is 0. The van der Waals surface area contributed by atoms with Crippen molar-refractivity contribution in [2.75, 3.05) is 13.7 Å². The summed E-state index contributed by atoms with van der Waals surface area (Å²) < 4.78 is 7.55. The van der Waals surface area contributed by atoms with E-state index in [1.165, 1.54) is 0 Å². The number of benzene rings is 2. The molecular weight excluding hydrogens is 250 g/mol. The summed E-state index contributed by atoms with van der Waals surface area (Å²) in [6.07, 6.45) is 1.84. The van der Waals surface area contributed by atoms with E-state index in [0.717, 1.165) is 22.3 Å². The lowest BCUT2D eigenvalue weighted by molar-refractivity contribution is 0.402. The molecule has 0 bridgehead atoms. The third-order valence-electron chi connectivity index (χ3n) is 3.54. The largest absolute Gasteiger partial charge is 0.496 e. The number of hydrogen-bond acceptors (Lipinski definition) is 3. The van der Waals surface area contributed by atoms with Gasteiger partial charge in [-0.1, -0.05) is 30.3 Å². The molecule has 0 aliphatic heterocycles. The topological polar surface area (TPSA) is 53.1 Å². The summed E-state index contributed by atoms with van der Waals surface area (Å²) in [7, 11) is 1.68. The lowest BCUT2D eigenvalue weighted by Gasteiger charge is -2.20. The van der Waals surface area contributed by atoms with E-state index in [1.54, 1.807) is 7.11 Å². The number of fused-ring (bicyclic) bond motifs is 1. The average molecular weight is 267 g/mol. The molecule has 0 aliphatic carbocycles. The van der Waals surface area contributed by atoms with Crippen molar-refractivity contribution in [2.24, 2.45) is 5.73 Å². The van der Waals surface area contributed by atoms with E-state index in [4.69, 9.17) is 10.5 Å². The number of methoxy groups -OCH3 is 1. The van der Waals surface area contributed by atoms with Crippen molar-refractivity contribution in [3.63, 3.8) is 0 Å². The Balaban J connectivity index is 2.14. The molecule has 1 unspecified atom stereocenters. The summed E-state index contributed by atoms with van der Waals surface area (Å²) in [5.41, 5.74) is 9.13. The van der Waals surface area contributed by atoms with Gasteiger partial charge < -0.3 is 15.0 Å². The predicted octanol–water partition coefficient (Wildman–Crippen LogP) is 2.59. The molecule has 0 saturated heterocycles. The summed E-state index contributed by atoms with van der Waals surface area (Å²) in [5.74, 6) is 0.848. The van der Waals surface area contributed by atoms with Gasteiger partial charge in [-0.25, -0.2) is 4.98 Å². The van der Waals surface area contributed by atoms with Gasteiger partial charge in [0.1, 0.15) is 5.75 Å². The maximum Gasteiger partial charge on any atom is 0.124 e.